The number of rotatable bonds is 7. The highest BCUT2D eigenvalue weighted by Gasteiger charge is 2.60. The summed E-state index contributed by atoms with van der Waals surface area (Å²) in [5.74, 6) is -0.174. The summed E-state index contributed by atoms with van der Waals surface area (Å²) in [6, 6.07) is 0.906. The summed E-state index contributed by atoms with van der Waals surface area (Å²) < 4.78 is 25.9. The number of nitrogens with zero attached hydrogens (tertiary/aromatic N) is 1. The average molecular weight is 416 g/mol. The first kappa shape index (κ1) is 22.2. The second-order valence-corrected chi connectivity index (χ2v) is 11.8. The molecule has 0 saturated carbocycles. The van der Waals surface area contributed by atoms with Gasteiger partial charge < -0.3 is 23.5 Å². The minimum atomic E-state index is -2.14. The molecule has 0 aromatic heterocycles. The number of hydroxylamine groups is 2. The summed E-state index contributed by atoms with van der Waals surface area (Å²) in [6.07, 6.45) is 2.57. The molecule has 1 aliphatic heterocycles. The molecule has 1 fully saturated rings. The molecule has 0 aromatic carbocycles. The molecule has 1 heterocycles. The lowest BCUT2D eigenvalue weighted by molar-refractivity contribution is -0.232. The topological polar surface area (TPSA) is 101 Å². The van der Waals surface area contributed by atoms with E-state index in [1.165, 1.54) is 19.3 Å². The van der Waals surface area contributed by atoms with Gasteiger partial charge in [0.05, 0.1) is 20.6 Å². The van der Waals surface area contributed by atoms with E-state index in [0.29, 0.717) is 0 Å². The monoisotopic (exact) mass is 415 g/mol. The van der Waals surface area contributed by atoms with Gasteiger partial charge in [0.2, 0.25) is 14.2 Å². The number of hydrogen-bond donors (Lipinski definition) is 0. The Balaban J connectivity index is 2.24. The normalized spacial score (nSPS) is 26.6. The zero-order chi connectivity index (χ0) is 20.9. The highest BCUT2D eigenvalue weighted by molar-refractivity contribution is 6.71. The summed E-state index contributed by atoms with van der Waals surface area (Å²) in [5, 5.41) is 1.34. The Morgan fingerprint density at radius 3 is 2.43 bits per heavy atom. The van der Waals surface area contributed by atoms with E-state index in [4.69, 9.17) is 14.0 Å². The zero-order valence-electron chi connectivity index (χ0n) is 17.1. The third-order valence-corrected chi connectivity index (χ3v) is 7.17. The van der Waals surface area contributed by atoms with Crippen molar-refractivity contribution < 1.29 is 37.9 Å². The van der Waals surface area contributed by atoms with E-state index in [0.717, 1.165) is 18.9 Å². The predicted octanol–water partition coefficient (Wildman–Crippen LogP) is 3.16. The van der Waals surface area contributed by atoms with Gasteiger partial charge in [0.15, 0.2) is 0 Å². The van der Waals surface area contributed by atoms with Gasteiger partial charge in [-0.05, 0) is 25.2 Å². The summed E-state index contributed by atoms with van der Waals surface area (Å²) in [4.78, 5) is 35.6. The van der Waals surface area contributed by atoms with Gasteiger partial charge in [0.25, 0.3) is 0 Å². The van der Waals surface area contributed by atoms with Crippen molar-refractivity contribution in [2.75, 3.05) is 14.2 Å². The molecule has 0 radical (unpaired) electrons. The van der Waals surface area contributed by atoms with E-state index >= 15 is 0 Å². The first-order chi connectivity index (χ1) is 13.2. The number of unbranched alkanes of at least 4 members (excludes halogenated alkanes) is 1. The fourth-order valence-corrected chi connectivity index (χ4v) is 5.44. The van der Waals surface area contributed by atoms with E-state index < -0.39 is 38.4 Å². The number of hydrogen-bond acceptors (Lipinski definition) is 8. The number of carbonyl (C=O) groups is 3. The number of methoxy groups -OCH3 is 2. The lowest BCUT2D eigenvalue weighted by Gasteiger charge is -2.55. The molecule has 3 unspecified atom stereocenters. The molecule has 3 atom stereocenters. The van der Waals surface area contributed by atoms with Crippen LogP contribution in [0.1, 0.15) is 32.6 Å². The first-order valence-corrected chi connectivity index (χ1v) is 12.5. The van der Waals surface area contributed by atoms with Gasteiger partial charge >= 0.3 is 12.3 Å². The number of ether oxygens (including phenoxy) is 4. The van der Waals surface area contributed by atoms with Crippen LogP contribution in [0.2, 0.25) is 19.1 Å². The Morgan fingerprint density at radius 2 is 1.86 bits per heavy atom. The minimum Gasteiger partial charge on any atom is -0.438 e. The van der Waals surface area contributed by atoms with Crippen molar-refractivity contribution in [1.29, 1.82) is 0 Å². The van der Waals surface area contributed by atoms with Gasteiger partial charge in [0, 0.05) is 6.42 Å². The number of amides is 1. The molecular weight excluding hydrogens is 386 g/mol. The molecule has 1 spiro atoms. The molecule has 2 aliphatic rings. The van der Waals surface area contributed by atoms with E-state index in [1.54, 1.807) is 12.2 Å². The molecular formula is C18H29NO8Si. The molecule has 10 heteroatoms. The largest absolute Gasteiger partial charge is 0.508 e. The van der Waals surface area contributed by atoms with Crippen molar-refractivity contribution in [1.82, 2.24) is 5.06 Å². The minimum absolute atomic E-state index is 0.133. The molecule has 1 saturated heterocycles. The average Bonchev–Trinajstić information content (AvgIpc) is 2.66. The van der Waals surface area contributed by atoms with Gasteiger partial charge in [-0.25, -0.2) is 14.7 Å². The molecule has 0 N–H and O–H groups in total. The van der Waals surface area contributed by atoms with Crippen LogP contribution in [-0.2, 0) is 28.3 Å². The molecule has 0 aromatic rings. The Morgan fingerprint density at radius 1 is 1.21 bits per heavy atom. The number of β-lactam (4-membered cyclic amide) rings is 1. The highest BCUT2D eigenvalue weighted by Crippen LogP contribution is 2.44. The maximum Gasteiger partial charge on any atom is 0.508 e. The van der Waals surface area contributed by atoms with E-state index in [-0.39, 0.29) is 18.7 Å². The lowest BCUT2D eigenvalue weighted by atomic mass is 9.75. The van der Waals surface area contributed by atoms with E-state index in [2.05, 4.69) is 16.4 Å². The molecule has 2 rings (SSSR count). The fourth-order valence-electron chi connectivity index (χ4n) is 3.38. The molecule has 28 heavy (non-hydrogen) atoms. The maximum atomic E-state index is 12.4. The smallest absolute Gasteiger partial charge is 0.438 e. The van der Waals surface area contributed by atoms with Crippen molar-refractivity contribution in [2.24, 2.45) is 0 Å². The van der Waals surface area contributed by atoms with Gasteiger partial charge in [-0.1, -0.05) is 25.8 Å². The van der Waals surface area contributed by atoms with Crippen LogP contribution in [0.3, 0.4) is 0 Å². The summed E-state index contributed by atoms with van der Waals surface area (Å²) in [5.41, 5.74) is -0.933. The zero-order valence-corrected chi connectivity index (χ0v) is 18.1. The standard InChI is InChI=1S/C18H29NO8Si/c1-6-7-10-28(4,5)27-19-15(20)12-18(19)9-8-13(25-16(21)23-2)11-14(18)26-17(22)24-3/h8-9,13-14H,6-7,10-12H2,1-5H3. The Kier molecular flexibility index (Phi) is 7.10. The Labute approximate surface area is 166 Å². The van der Waals surface area contributed by atoms with Crippen LogP contribution >= 0.6 is 0 Å². The molecule has 1 amide bonds. The third-order valence-electron chi connectivity index (χ3n) is 4.93. The van der Waals surface area contributed by atoms with Crippen LogP contribution in [0.4, 0.5) is 9.59 Å². The molecule has 9 nitrogen and oxygen atoms in total. The summed E-state index contributed by atoms with van der Waals surface area (Å²) in [7, 11) is 0.274. The summed E-state index contributed by atoms with van der Waals surface area (Å²) in [6.45, 7) is 6.20. The van der Waals surface area contributed by atoms with Crippen LogP contribution in [0.15, 0.2) is 12.2 Å². The predicted molar refractivity (Wildman–Crippen MR) is 101 cm³/mol. The van der Waals surface area contributed by atoms with Crippen molar-refractivity contribution in [3.8, 4) is 0 Å². The maximum absolute atomic E-state index is 12.4. The first-order valence-electron chi connectivity index (χ1n) is 9.38. The molecule has 158 valence electrons. The summed E-state index contributed by atoms with van der Waals surface area (Å²) >= 11 is 0. The lowest BCUT2D eigenvalue weighted by Crippen LogP contribution is -2.71. The van der Waals surface area contributed by atoms with Crippen molar-refractivity contribution in [3.05, 3.63) is 12.2 Å². The van der Waals surface area contributed by atoms with Crippen LogP contribution in [0.5, 0.6) is 0 Å². The van der Waals surface area contributed by atoms with Crippen LogP contribution in [0, 0.1) is 0 Å². The van der Waals surface area contributed by atoms with Gasteiger partial charge in [-0.2, -0.15) is 0 Å². The van der Waals surface area contributed by atoms with Crippen LogP contribution < -0.4 is 0 Å². The quantitative estimate of drug-likeness (QED) is 0.270. The van der Waals surface area contributed by atoms with Gasteiger partial charge in [0.1, 0.15) is 17.7 Å². The molecule has 0 bridgehead atoms. The number of carbonyl (C=O) groups excluding carboxylic acids is 3. The molecule has 1 aliphatic carbocycles. The van der Waals surface area contributed by atoms with E-state index in [9.17, 15) is 14.4 Å². The third kappa shape index (κ3) is 4.85. The SMILES string of the molecule is CCCC[Si](C)(C)ON1C(=O)CC12C=CC(OC(=O)OC)CC2OC(=O)OC. The highest BCUT2D eigenvalue weighted by atomic mass is 28.4. The van der Waals surface area contributed by atoms with Gasteiger partial charge in [-0.3, -0.25) is 4.79 Å². The van der Waals surface area contributed by atoms with Crippen LogP contribution in [-0.4, -0.2) is 63.6 Å². The van der Waals surface area contributed by atoms with Crippen LogP contribution in [0.25, 0.3) is 0 Å². The van der Waals surface area contributed by atoms with Crippen molar-refractivity contribution >= 4 is 26.5 Å². The fraction of sp³-hybridized carbons (Fsp3) is 0.722. The van der Waals surface area contributed by atoms with Crippen molar-refractivity contribution in [2.45, 2.75) is 69.5 Å². The second kappa shape index (κ2) is 8.95. The Hall–Kier alpha value is -2.07. The van der Waals surface area contributed by atoms with Crippen molar-refractivity contribution in [3.63, 3.8) is 0 Å². The van der Waals surface area contributed by atoms with E-state index in [1.807, 2.05) is 13.1 Å². The second-order valence-electron chi connectivity index (χ2n) is 7.58. The Bertz CT molecular complexity index is 637. The van der Waals surface area contributed by atoms with Gasteiger partial charge in [-0.15, -0.1) is 0 Å².